The first-order chi connectivity index (χ1) is 13.3. The van der Waals surface area contributed by atoms with Gasteiger partial charge < -0.3 is 14.2 Å². The summed E-state index contributed by atoms with van der Waals surface area (Å²) in [5.41, 5.74) is 1.67. The van der Waals surface area contributed by atoms with E-state index in [0.717, 1.165) is 18.6 Å². The minimum absolute atomic E-state index is 0.0664. The van der Waals surface area contributed by atoms with Gasteiger partial charge in [-0.1, -0.05) is 39.3 Å². The molecule has 0 fully saturated rings. The maximum Gasteiger partial charge on any atom is 0.195 e. The van der Waals surface area contributed by atoms with Gasteiger partial charge in [0.05, 0.1) is 19.8 Å². The zero-order valence-corrected chi connectivity index (χ0v) is 18.0. The number of allylic oxidation sites excluding steroid dienone is 3. The molecule has 28 heavy (non-hydrogen) atoms. The van der Waals surface area contributed by atoms with Crippen molar-refractivity contribution in [3.05, 3.63) is 52.8 Å². The van der Waals surface area contributed by atoms with Gasteiger partial charge in [-0.15, -0.1) is 0 Å². The molecular formula is C23H34F2O3. The lowest BCUT2D eigenvalue weighted by atomic mass is 9.98. The Morgan fingerprint density at radius 3 is 2.18 bits per heavy atom. The summed E-state index contributed by atoms with van der Waals surface area (Å²) in [6.07, 6.45) is 2.40. The van der Waals surface area contributed by atoms with Crippen molar-refractivity contribution in [2.75, 3.05) is 20.3 Å². The van der Waals surface area contributed by atoms with Crippen molar-refractivity contribution in [1.29, 1.82) is 0 Å². The van der Waals surface area contributed by atoms with Crippen LogP contribution >= 0.6 is 0 Å². The number of rotatable bonds is 12. The Bertz CT molecular complexity index is 650. The smallest absolute Gasteiger partial charge is 0.195 e. The van der Waals surface area contributed by atoms with Crippen molar-refractivity contribution in [1.82, 2.24) is 0 Å². The second-order valence-electron chi connectivity index (χ2n) is 7.02. The van der Waals surface area contributed by atoms with Crippen LogP contribution in [0.3, 0.4) is 0 Å². The van der Waals surface area contributed by atoms with Crippen LogP contribution in [0.1, 0.15) is 53.0 Å². The van der Waals surface area contributed by atoms with Crippen LogP contribution in [0.5, 0.6) is 5.75 Å². The molecule has 158 valence electrons. The molecule has 1 aromatic carbocycles. The molecule has 3 nitrogen and oxygen atoms in total. The van der Waals surface area contributed by atoms with Crippen LogP contribution in [-0.2, 0) is 15.9 Å². The van der Waals surface area contributed by atoms with Crippen molar-refractivity contribution in [2.24, 2.45) is 5.92 Å². The fourth-order valence-electron chi connectivity index (χ4n) is 2.82. The Kier molecular flexibility index (Phi) is 10.8. The van der Waals surface area contributed by atoms with E-state index in [9.17, 15) is 8.78 Å². The third-order valence-corrected chi connectivity index (χ3v) is 4.64. The highest BCUT2D eigenvalue weighted by Crippen LogP contribution is 2.28. The first-order valence-electron chi connectivity index (χ1n) is 9.96. The number of hydrogen-bond acceptors (Lipinski definition) is 3. The van der Waals surface area contributed by atoms with Crippen LogP contribution < -0.4 is 4.74 Å². The second kappa shape index (κ2) is 12.6. The van der Waals surface area contributed by atoms with E-state index in [4.69, 9.17) is 14.2 Å². The first kappa shape index (κ1) is 24.2. The van der Waals surface area contributed by atoms with Crippen LogP contribution in [0.15, 0.2) is 47.3 Å². The molecule has 0 aliphatic rings. The van der Waals surface area contributed by atoms with E-state index in [2.05, 4.69) is 19.1 Å². The van der Waals surface area contributed by atoms with Gasteiger partial charge >= 0.3 is 0 Å². The second-order valence-corrected chi connectivity index (χ2v) is 7.02. The van der Waals surface area contributed by atoms with Crippen LogP contribution in [-0.4, -0.2) is 26.4 Å². The maximum absolute atomic E-state index is 14.4. The molecule has 0 aliphatic heterocycles. The highest BCUT2D eigenvalue weighted by molar-refractivity contribution is 5.28. The molecular weight excluding hydrogens is 362 g/mol. The predicted octanol–water partition coefficient (Wildman–Crippen LogP) is 6.54. The molecule has 5 heteroatoms. The van der Waals surface area contributed by atoms with Gasteiger partial charge in [0.25, 0.3) is 0 Å². The summed E-state index contributed by atoms with van der Waals surface area (Å²) in [6.45, 7) is 9.76. The number of halogens is 2. The monoisotopic (exact) mass is 396 g/mol. The summed E-state index contributed by atoms with van der Waals surface area (Å²) in [7, 11) is 1.32. The van der Waals surface area contributed by atoms with E-state index in [1.165, 1.54) is 19.6 Å². The fraction of sp³-hybridized carbons (Fsp3) is 0.565. The Balaban J connectivity index is 2.57. The Morgan fingerprint density at radius 1 is 1.00 bits per heavy atom. The van der Waals surface area contributed by atoms with Crippen molar-refractivity contribution in [3.63, 3.8) is 0 Å². The topological polar surface area (TPSA) is 27.7 Å². The number of aryl methyl sites for hydroxylation is 1. The molecule has 0 saturated heterocycles. The lowest BCUT2D eigenvalue weighted by molar-refractivity contribution is 0.0199. The van der Waals surface area contributed by atoms with Gasteiger partial charge in [0.15, 0.2) is 11.7 Å². The average molecular weight is 397 g/mol. The molecule has 1 aromatic rings. The summed E-state index contributed by atoms with van der Waals surface area (Å²) in [6, 6.07) is 8.05. The lowest BCUT2D eigenvalue weighted by Gasteiger charge is -2.20. The number of methoxy groups -OCH3 is 1. The Morgan fingerprint density at radius 2 is 1.64 bits per heavy atom. The first-order valence-corrected chi connectivity index (χ1v) is 9.96. The summed E-state index contributed by atoms with van der Waals surface area (Å²) in [5, 5.41) is 0. The molecule has 2 unspecified atom stereocenters. The minimum atomic E-state index is -0.950. The van der Waals surface area contributed by atoms with Gasteiger partial charge in [0.2, 0.25) is 0 Å². The molecule has 0 aromatic heterocycles. The molecule has 0 amide bonds. The molecule has 0 bridgehead atoms. The predicted molar refractivity (Wildman–Crippen MR) is 110 cm³/mol. The molecule has 0 spiro atoms. The van der Waals surface area contributed by atoms with Gasteiger partial charge in [-0.3, -0.25) is 0 Å². The van der Waals surface area contributed by atoms with Gasteiger partial charge in [-0.25, -0.2) is 8.78 Å². The quantitative estimate of drug-likeness (QED) is 0.296. The van der Waals surface area contributed by atoms with Crippen LogP contribution in [0.4, 0.5) is 8.78 Å². The van der Waals surface area contributed by atoms with Crippen molar-refractivity contribution in [2.45, 2.75) is 60.0 Å². The molecule has 0 radical (unpaired) electrons. The third kappa shape index (κ3) is 7.63. The molecule has 0 saturated carbocycles. The third-order valence-electron chi connectivity index (χ3n) is 4.64. The molecule has 2 atom stereocenters. The van der Waals surface area contributed by atoms with Crippen LogP contribution in [0, 0.1) is 5.92 Å². The SMILES string of the molecule is CCCc1ccc(OCC(C)OCC(C)/C(CC)=C(F)/C(F)=C(\C)OC)cc1. The van der Waals surface area contributed by atoms with E-state index >= 15 is 0 Å². The van der Waals surface area contributed by atoms with E-state index in [-0.39, 0.29) is 24.4 Å². The van der Waals surface area contributed by atoms with Gasteiger partial charge in [0, 0.05) is 5.92 Å². The fourth-order valence-corrected chi connectivity index (χ4v) is 2.82. The minimum Gasteiger partial charge on any atom is -0.498 e. The van der Waals surface area contributed by atoms with Crippen molar-refractivity contribution in [3.8, 4) is 5.75 Å². The number of hydrogen-bond donors (Lipinski definition) is 0. The van der Waals surface area contributed by atoms with Crippen molar-refractivity contribution < 1.29 is 23.0 Å². The zero-order chi connectivity index (χ0) is 21.1. The molecule has 0 N–H and O–H groups in total. The largest absolute Gasteiger partial charge is 0.498 e. The van der Waals surface area contributed by atoms with E-state index in [1.54, 1.807) is 6.92 Å². The Hall–Kier alpha value is -1.88. The maximum atomic E-state index is 14.4. The normalized spacial score (nSPS) is 15.4. The van der Waals surface area contributed by atoms with Gasteiger partial charge in [-0.2, -0.15) is 0 Å². The number of benzene rings is 1. The summed E-state index contributed by atoms with van der Waals surface area (Å²) < 4.78 is 44.8. The van der Waals surface area contributed by atoms with Gasteiger partial charge in [-0.05, 0) is 50.0 Å². The van der Waals surface area contributed by atoms with Gasteiger partial charge in [0.1, 0.15) is 18.1 Å². The van der Waals surface area contributed by atoms with Crippen LogP contribution in [0.25, 0.3) is 0 Å². The summed E-state index contributed by atoms with van der Waals surface area (Å²) in [5.74, 6) is -1.33. The van der Waals surface area contributed by atoms with Crippen molar-refractivity contribution >= 4 is 0 Å². The summed E-state index contributed by atoms with van der Waals surface area (Å²) >= 11 is 0. The molecule has 1 rings (SSSR count). The highest BCUT2D eigenvalue weighted by atomic mass is 19.2. The van der Waals surface area contributed by atoms with E-state index < -0.39 is 11.7 Å². The Labute approximate surface area is 168 Å². The zero-order valence-electron chi connectivity index (χ0n) is 18.0. The highest BCUT2D eigenvalue weighted by Gasteiger charge is 2.19. The molecule has 0 aliphatic carbocycles. The summed E-state index contributed by atoms with van der Waals surface area (Å²) in [4.78, 5) is 0. The standard InChI is InChI=1S/C23H34F2O3/c1-7-9-19-10-12-20(13-11-19)28-15-17(4)27-14-16(3)21(8-2)23(25)22(24)18(5)26-6/h10-13,16-17H,7-9,14-15H2,1-6H3/b22-18-,23-21-. The lowest BCUT2D eigenvalue weighted by Crippen LogP contribution is -2.22. The number of ether oxygens (including phenoxy) is 3. The van der Waals surface area contributed by atoms with Crippen LogP contribution in [0.2, 0.25) is 0 Å². The van der Waals surface area contributed by atoms with E-state index in [0.29, 0.717) is 18.6 Å². The molecule has 0 heterocycles. The average Bonchev–Trinajstić information content (AvgIpc) is 2.71. The van der Waals surface area contributed by atoms with E-state index in [1.807, 2.05) is 26.0 Å².